The molecule has 0 atom stereocenters. The van der Waals surface area contributed by atoms with E-state index in [0.717, 1.165) is 11.1 Å². The number of carbonyl (C=O) groups excluding carboxylic acids is 1. The molecule has 1 amide bonds. The molecule has 1 aromatic carbocycles. The van der Waals surface area contributed by atoms with Crippen LogP contribution in [-0.4, -0.2) is 44.1 Å². The maximum absolute atomic E-state index is 12.5. The summed E-state index contributed by atoms with van der Waals surface area (Å²) in [5.41, 5.74) is 1.33. The second kappa shape index (κ2) is 5.55. The molecule has 0 radical (unpaired) electrons. The van der Waals surface area contributed by atoms with Crippen molar-refractivity contribution in [2.45, 2.75) is 31.1 Å². The molecule has 3 rings (SSSR count). The Morgan fingerprint density at radius 2 is 2.05 bits per heavy atom. The van der Waals surface area contributed by atoms with Gasteiger partial charge in [0.1, 0.15) is 5.60 Å². The molecule has 0 aliphatic carbocycles. The molecule has 22 heavy (non-hydrogen) atoms. The highest BCUT2D eigenvalue weighted by Crippen LogP contribution is 2.30. The number of aryl methyl sites for hydroxylation is 1. The van der Waals surface area contributed by atoms with Crippen LogP contribution in [0, 0.1) is 6.92 Å². The predicted molar refractivity (Wildman–Crippen MR) is 81.8 cm³/mol. The van der Waals surface area contributed by atoms with E-state index in [4.69, 9.17) is 4.74 Å². The van der Waals surface area contributed by atoms with Crippen molar-refractivity contribution in [3.8, 4) is 0 Å². The summed E-state index contributed by atoms with van der Waals surface area (Å²) in [6.07, 6.45) is 0.675. The number of carbonyl (C=O) groups is 1. The normalized spacial score (nSPS) is 21.6. The summed E-state index contributed by atoms with van der Waals surface area (Å²) in [7, 11) is -3.34. The van der Waals surface area contributed by atoms with E-state index in [-0.39, 0.29) is 5.75 Å². The Morgan fingerprint density at radius 3 is 2.64 bits per heavy atom. The van der Waals surface area contributed by atoms with E-state index in [2.05, 4.69) is 5.32 Å². The SMILES string of the molecule is Cc1cccc(CS(=O)(=O)N2CCC3(CC2)CNC(=O)O3)c1. The molecular formula is C15H20N2O4S. The topological polar surface area (TPSA) is 75.7 Å². The monoisotopic (exact) mass is 324 g/mol. The zero-order valence-corrected chi connectivity index (χ0v) is 13.4. The number of nitrogens with one attached hydrogen (secondary N) is 1. The minimum Gasteiger partial charge on any atom is -0.441 e. The van der Waals surface area contributed by atoms with E-state index in [9.17, 15) is 13.2 Å². The number of hydrogen-bond acceptors (Lipinski definition) is 4. The Bertz CT molecular complexity index is 679. The molecular weight excluding hydrogens is 304 g/mol. The van der Waals surface area contributed by atoms with Gasteiger partial charge in [-0.2, -0.15) is 0 Å². The third kappa shape index (κ3) is 3.10. The average Bonchev–Trinajstić information content (AvgIpc) is 2.80. The van der Waals surface area contributed by atoms with Crippen molar-refractivity contribution in [3.63, 3.8) is 0 Å². The van der Waals surface area contributed by atoms with Crippen LogP contribution in [0.2, 0.25) is 0 Å². The largest absolute Gasteiger partial charge is 0.441 e. The Balaban J connectivity index is 1.66. The van der Waals surface area contributed by atoms with Gasteiger partial charge >= 0.3 is 6.09 Å². The van der Waals surface area contributed by atoms with Crippen molar-refractivity contribution >= 4 is 16.1 Å². The van der Waals surface area contributed by atoms with Crippen molar-refractivity contribution in [3.05, 3.63) is 35.4 Å². The number of nitrogens with zero attached hydrogens (tertiary/aromatic N) is 1. The molecule has 2 aliphatic rings. The number of hydrogen-bond donors (Lipinski definition) is 1. The number of benzene rings is 1. The fraction of sp³-hybridized carbons (Fsp3) is 0.533. The molecule has 0 aromatic heterocycles. The molecule has 2 saturated heterocycles. The molecule has 0 bridgehead atoms. The molecule has 0 saturated carbocycles. The second-order valence-corrected chi connectivity index (χ2v) is 8.04. The number of rotatable bonds is 3. The molecule has 1 spiro atoms. The van der Waals surface area contributed by atoms with Gasteiger partial charge in [0, 0.05) is 25.9 Å². The molecule has 6 nitrogen and oxygen atoms in total. The fourth-order valence-corrected chi connectivity index (χ4v) is 4.58. The minimum atomic E-state index is -3.34. The Kier molecular flexibility index (Phi) is 3.86. The first-order valence-corrected chi connectivity index (χ1v) is 9.00. The molecule has 120 valence electrons. The van der Waals surface area contributed by atoms with E-state index >= 15 is 0 Å². The lowest BCUT2D eigenvalue weighted by molar-refractivity contribution is 0.0173. The van der Waals surface area contributed by atoms with Crippen molar-refractivity contribution in [2.24, 2.45) is 0 Å². The van der Waals surface area contributed by atoms with Gasteiger partial charge in [-0.25, -0.2) is 17.5 Å². The summed E-state index contributed by atoms with van der Waals surface area (Å²) in [6.45, 7) is 3.20. The Labute approximate surface area is 130 Å². The molecule has 7 heteroatoms. The van der Waals surface area contributed by atoms with Gasteiger partial charge in [0.05, 0.1) is 12.3 Å². The van der Waals surface area contributed by atoms with Gasteiger partial charge < -0.3 is 10.1 Å². The molecule has 1 aromatic rings. The van der Waals surface area contributed by atoms with E-state index in [0.29, 0.717) is 32.5 Å². The Morgan fingerprint density at radius 1 is 1.32 bits per heavy atom. The number of piperidine rings is 1. The second-order valence-electron chi connectivity index (χ2n) is 6.07. The fourth-order valence-electron chi connectivity index (χ4n) is 3.06. The molecule has 2 fully saturated rings. The summed E-state index contributed by atoms with van der Waals surface area (Å²) in [5.74, 6) is 0.0136. The van der Waals surface area contributed by atoms with Crippen molar-refractivity contribution in [1.82, 2.24) is 9.62 Å². The lowest BCUT2D eigenvalue weighted by Crippen LogP contribution is -2.48. The summed E-state index contributed by atoms with van der Waals surface area (Å²) >= 11 is 0. The Hall–Kier alpha value is -1.60. The van der Waals surface area contributed by atoms with Crippen LogP contribution in [0.1, 0.15) is 24.0 Å². The van der Waals surface area contributed by atoms with Gasteiger partial charge in [-0.3, -0.25) is 0 Å². The standard InChI is InChI=1S/C15H20N2O4S/c1-12-3-2-4-13(9-12)10-22(19,20)17-7-5-15(6-8-17)11-16-14(18)21-15/h2-4,9H,5-8,10-11H2,1H3,(H,16,18). The van der Waals surface area contributed by atoms with Crippen molar-refractivity contribution < 1.29 is 17.9 Å². The quantitative estimate of drug-likeness (QED) is 0.912. The number of ether oxygens (including phenoxy) is 1. The lowest BCUT2D eigenvalue weighted by atomic mass is 9.93. The van der Waals surface area contributed by atoms with Crippen LogP contribution in [-0.2, 0) is 20.5 Å². The average molecular weight is 324 g/mol. The third-order valence-corrected chi connectivity index (χ3v) is 6.17. The van der Waals surface area contributed by atoms with Crippen LogP contribution >= 0.6 is 0 Å². The van der Waals surface area contributed by atoms with Gasteiger partial charge in [0.25, 0.3) is 0 Å². The van der Waals surface area contributed by atoms with Gasteiger partial charge in [0.2, 0.25) is 10.0 Å². The van der Waals surface area contributed by atoms with Crippen LogP contribution in [0.4, 0.5) is 4.79 Å². The summed E-state index contributed by atoms with van der Waals surface area (Å²) in [4.78, 5) is 11.2. The highest BCUT2D eigenvalue weighted by atomic mass is 32.2. The number of alkyl carbamates (subject to hydrolysis) is 1. The highest BCUT2D eigenvalue weighted by Gasteiger charge is 2.44. The molecule has 2 aliphatic heterocycles. The van der Waals surface area contributed by atoms with Crippen LogP contribution in [0.25, 0.3) is 0 Å². The van der Waals surface area contributed by atoms with Gasteiger partial charge in [-0.1, -0.05) is 29.8 Å². The summed E-state index contributed by atoms with van der Waals surface area (Å²) in [5, 5.41) is 2.65. The zero-order chi connectivity index (χ0) is 15.8. The smallest absolute Gasteiger partial charge is 0.407 e. The highest BCUT2D eigenvalue weighted by molar-refractivity contribution is 7.88. The van der Waals surface area contributed by atoms with E-state index in [1.165, 1.54) is 4.31 Å². The van der Waals surface area contributed by atoms with Crippen molar-refractivity contribution in [2.75, 3.05) is 19.6 Å². The van der Waals surface area contributed by atoms with Gasteiger partial charge in [-0.05, 0) is 12.5 Å². The number of sulfonamides is 1. The van der Waals surface area contributed by atoms with Crippen LogP contribution in [0.5, 0.6) is 0 Å². The molecule has 0 unspecified atom stereocenters. The van der Waals surface area contributed by atoms with Gasteiger partial charge in [0.15, 0.2) is 0 Å². The van der Waals surface area contributed by atoms with Crippen LogP contribution in [0.15, 0.2) is 24.3 Å². The van der Waals surface area contributed by atoms with E-state index in [1.54, 1.807) is 0 Å². The zero-order valence-electron chi connectivity index (χ0n) is 12.5. The molecule has 2 heterocycles. The van der Waals surface area contributed by atoms with Crippen molar-refractivity contribution in [1.29, 1.82) is 0 Å². The first kappa shape index (κ1) is 15.3. The third-order valence-electron chi connectivity index (χ3n) is 4.32. The summed E-state index contributed by atoms with van der Waals surface area (Å²) < 4.78 is 31.9. The molecule has 1 N–H and O–H groups in total. The summed E-state index contributed by atoms with van der Waals surface area (Å²) in [6, 6.07) is 7.54. The van der Waals surface area contributed by atoms with Crippen LogP contribution in [0.3, 0.4) is 0 Å². The van der Waals surface area contributed by atoms with E-state index < -0.39 is 21.7 Å². The number of amides is 1. The predicted octanol–water partition coefficient (Wildman–Crippen LogP) is 1.40. The van der Waals surface area contributed by atoms with Gasteiger partial charge in [-0.15, -0.1) is 0 Å². The minimum absolute atomic E-state index is 0.0136. The maximum atomic E-state index is 12.5. The van der Waals surface area contributed by atoms with E-state index in [1.807, 2.05) is 31.2 Å². The first-order valence-electron chi connectivity index (χ1n) is 7.39. The van der Waals surface area contributed by atoms with Crippen LogP contribution < -0.4 is 5.32 Å². The first-order chi connectivity index (χ1) is 10.4. The maximum Gasteiger partial charge on any atom is 0.407 e. The lowest BCUT2D eigenvalue weighted by Gasteiger charge is -2.36.